The molecule has 0 amide bonds. The molecule has 0 spiro atoms. The van der Waals surface area contributed by atoms with E-state index in [0.717, 1.165) is 16.9 Å². The first-order valence-corrected chi connectivity index (χ1v) is 7.76. The van der Waals surface area contributed by atoms with Crippen molar-refractivity contribution in [1.29, 1.82) is 0 Å². The molecule has 0 atom stereocenters. The van der Waals surface area contributed by atoms with E-state index in [9.17, 15) is 0 Å². The molecule has 0 aliphatic carbocycles. The number of nitrogens with zero attached hydrogens (tertiary/aromatic N) is 3. The summed E-state index contributed by atoms with van der Waals surface area (Å²) < 4.78 is 0. The van der Waals surface area contributed by atoms with Gasteiger partial charge in [-0.05, 0) is 23.4 Å². The Balaban J connectivity index is 0.000000173. The number of hydrogen-bond acceptors (Lipinski definition) is 2. The number of pyridine rings is 2. The molecule has 1 aliphatic heterocycles. The molecular formula is C20H16BIrN3-2. The molecule has 3 heterocycles. The molecule has 0 bridgehead atoms. The summed E-state index contributed by atoms with van der Waals surface area (Å²) in [6, 6.07) is 22.7. The van der Waals surface area contributed by atoms with Gasteiger partial charge in [0, 0.05) is 32.5 Å². The van der Waals surface area contributed by atoms with Crippen molar-refractivity contribution < 1.29 is 20.1 Å². The Kier molecular flexibility index (Phi) is 7.84. The van der Waals surface area contributed by atoms with Crippen molar-refractivity contribution in [2.24, 2.45) is 0 Å². The van der Waals surface area contributed by atoms with Crippen LogP contribution in [-0.2, 0) is 20.1 Å². The third kappa shape index (κ3) is 5.82. The van der Waals surface area contributed by atoms with Crippen LogP contribution in [0.5, 0.6) is 0 Å². The Morgan fingerprint density at radius 2 is 1.64 bits per heavy atom. The van der Waals surface area contributed by atoms with Crippen LogP contribution in [-0.4, -0.2) is 16.8 Å². The van der Waals surface area contributed by atoms with Crippen molar-refractivity contribution in [1.82, 2.24) is 9.97 Å². The predicted octanol–water partition coefficient (Wildman–Crippen LogP) is 3.82. The largest absolute Gasteiger partial charge is 0.704 e. The van der Waals surface area contributed by atoms with E-state index in [1.807, 2.05) is 78.8 Å². The monoisotopic (exact) mass is 502 g/mol. The SMILES string of the molecule is C1=C[N-]B(c2ccccn2)C=C1.[Ir].[c-]1ccccc1-c1ccccn1. The molecule has 0 unspecified atom stereocenters. The summed E-state index contributed by atoms with van der Waals surface area (Å²) in [5, 5.41) is 4.27. The van der Waals surface area contributed by atoms with Crippen LogP contribution in [0.1, 0.15) is 0 Å². The second kappa shape index (κ2) is 10.4. The normalized spacial score (nSPS) is 11.6. The van der Waals surface area contributed by atoms with Crippen LogP contribution >= 0.6 is 0 Å². The summed E-state index contributed by atoms with van der Waals surface area (Å²) in [4.78, 5) is 8.44. The molecule has 125 valence electrons. The van der Waals surface area contributed by atoms with Crippen LogP contribution in [0.2, 0.25) is 0 Å². The summed E-state index contributed by atoms with van der Waals surface area (Å²) in [6.45, 7) is 0.108. The van der Waals surface area contributed by atoms with Crippen molar-refractivity contribution >= 4 is 12.4 Å². The first-order valence-electron chi connectivity index (χ1n) is 7.76. The number of benzene rings is 1. The van der Waals surface area contributed by atoms with E-state index in [0.29, 0.717) is 0 Å². The van der Waals surface area contributed by atoms with Gasteiger partial charge in [0.25, 0.3) is 0 Å². The van der Waals surface area contributed by atoms with E-state index < -0.39 is 0 Å². The van der Waals surface area contributed by atoms with Crippen LogP contribution in [0.3, 0.4) is 0 Å². The molecule has 0 saturated heterocycles. The fraction of sp³-hybridized carbons (Fsp3) is 0. The van der Waals surface area contributed by atoms with E-state index in [4.69, 9.17) is 0 Å². The summed E-state index contributed by atoms with van der Waals surface area (Å²) in [7, 11) is 0. The molecule has 4 rings (SSSR count). The zero-order chi connectivity index (χ0) is 16.5. The Morgan fingerprint density at radius 1 is 0.840 bits per heavy atom. The molecule has 3 aromatic rings. The third-order valence-electron chi connectivity index (χ3n) is 3.38. The van der Waals surface area contributed by atoms with Crippen LogP contribution in [0.25, 0.3) is 16.5 Å². The molecule has 25 heavy (non-hydrogen) atoms. The average Bonchev–Trinajstić information content (AvgIpc) is 2.71. The summed E-state index contributed by atoms with van der Waals surface area (Å²) >= 11 is 0. The molecule has 3 nitrogen and oxygen atoms in total. The molecule has 1 aromatic carbocycles. The minimum Gasteiger partial charge on any atom is -0.704 e. The van der Waals surface area contributed by atoms with Gasteiger partial charge >= 0.3 is 0 Å². The molecule has 1 radical (unpaired) electrons. The van der Waals surface area contributed by atoms with Gasteiger partial charge in [-0.1, -0.05) is 36.4 Å². The minimum atomic E-state index is 0. The number of rotatable bonds is 2. The van der Waals surface area contributed by atoms with Crippen LogP contribution in [0, 0.1) is 6.07 Å². The van der Waals surface area contributed by atoms with Gasteiger partial charge in [-0.3, -0.25) is 4.98 Å². The molecule has 1 aliphatic rings. The Hall–Kier alpha value is -2.49. The maximum Gasteiger partial charge on any atom is 0.120 e. The Bertz CT molecular complexity index is 755. The van der Waals surface area contributed by atoms with Gasteiger partial charge in [0.2, 0.25) is 0 Å². The molecular weight excluding hydrogens is 485 g/mol. The van der Waals surface area contributed by atoms with Gasteiger partial charge in [0.1, 0.15) is 6.85 Å². The van der Waals surface area contributed by atoms with Crippen molar-refractivity contribution in [3.63, 3.8) is 0 Å². The van der Waals surface area contributed by atoms with Crippen molar-refractivity contribution in [3.8, 4) is 11.3 Å². The Morgan fingerprint density at radius 3 is 2.24 bits per heavy atom. The van der Waals surface area contributed by atoms with E-state index in [-0.39, 0.29) is 27.0 Å². The summed E-state index contributed by atoms with van der Waals surface area (Å²) in [6.07, 6.45) is 9.29. The smallest absolute Gasteiger partial charge is 0.120 e. The Labute approximate surface area is 162 Å². The van der Waals surface area contributed by atoms with Crippen molar-refractivity contribution in [2.45, 2.75) is 0 Å². The van der Waals surface area contributed by atoms with Crippen molar-refractivity contribution in [2.75, 3.05) is 0 Å². The molecule has 5 heteroatoms. The number of aromatic nitrogens is 2. The maximum atomic E-state index is 4.27. The van der Waals surface area contributed by atoms with E-state index >= 15 is 0 Å². The fourth-order valence-corrected chi connectivity index (χ4v) is 2.21. The second-order valence-corrected chi connectivity index (χ2v) is 5.07. The number of allylic oxidation sites excluding steroid dienone is 2. The van der Waals surface area contributed by atoms with Gasteiger partial charge in [-0.2, -0.15) is 6.20 Å². The van der Waals surface area contributed by atoms with Gasteiger partial charge in [0.05, 0.1) is 0 Å². The van der Waals surface area contributed by atoms with Crippen LogP contribution in [0.15, 0.2) is 97.4 Å². The minimum absolute atomic E-state index is 0. The van der Waals surface area contributed by atoms with Gasteiger partial charge < -0.3 is 10.2 Å². The van der Waals surface area contributed by atoms with Crippen LogP contribution < -0.4 is 5.59 Å². The third-order valence-corrected chi connectivity index (χ3v) is 3.38. The standard InChI is InChI=1S/C11H8N.C9H8BN2.Ir/c1-2-6-10(7-3-1)11-8-4-5-9-12-11;1-3-7-11-9(5-1)10-6-2-4-8-12-10;/h1-6,8-9H;1-8H;/q2*-1;. The van der Waals surface area contributed by atoms with Crippen LogP contribution in [0.4, 0.5) is 0 Å². The van der Waals surface area contributed by atoms with Gasteiger partial charge in [0.15, 0.2) is 0 Å². The maximum absolute atomic E-state index is 4.27. The van der Waals surface area contributed by atoms with E-state index in [2.05, 4.69) is 21.3 Å². The predicted molar refractivity (Wildman–Crippen MR) is 99.8 cm³/mol. The van der Waals surface area contributed by atoms with E-state index in [1.165, 1.54) is 0 Å². The summed E-state index contributed by atoms with van der Waals surface area (Å²) in [5.41, 5.74) is 3.01. The topological polar surface area (TPSA) is 39.9 Å². The first kappa shape index (κ1) is 18.8. The fourth-order valence-electron chi connectivity index (χ4n) is 2.21. The zero-order valence-corrected chi connectivity index (χ0v) is 15.9. The van der Waals surface area contributed by atoms with Gasteiger partial charge in [-0.15, -0.1) is 41.9 Å². The summed E-state index contributed by atoms with van der Waals surface area (Å²) in [5.74, 6) is 2.03. The zero-order valence-electron chi connectivity index (χ0n) is 13.5. The van der Waals surface area contributed by atoms with Gasteiger partial charge in [-0.25, -0.2) is 0 Å². The first-order chi connectivity index (χ1) is 11.9. The average molecular weight is 501 g/mol. The quantitative estimate of drug-likeness (QED) is 0.396. The number of hydrogen-bond donors (Lipinski definition) is 0. The molecule has 0 fully saturated rings. The molecule has 0 saturated carbocycles. The van der Waals surface area contributed by atoms with E-state index in [1.54, 1.807) is 18.6 Å². The molecule has 0 N–H and O–H groups in total. The molecule has 2 aromatic heterocycles. The second-order valence-electron chi connectivity index (χ2n) is 5.07. The van der Waals surface area contributed by atoms with Crippen molar-refractivity contribution in [3.05, 3.63) is 109 Å².